The zero-order chi connectivity index (χ0) is 13.2. The van der Waals surface area contributed by atoms with Crippen LogP contribution in [0.1, 0.15) is 17.7 Å². The summed E-state index contributed by atoms with van der Waals surface area (Å²) in [5.74, 6) is 6.74. The number of thiophene rings is 1. The summed E-state index contributed by atoms with van der Waals surface area (Å²) in [5, 5.41) is 4.55. The van der Waals surface area contributed by atoms with Gasteiger partial charge in [0.15, 0.2) is 0 Å². The Kier molecular flexibility index (Phi) is 3.50. The predicted octanol–water partition coefficient (Wildman–Crippen LogP) is 1.88. The normalized spacial score (nSPS) is 16.7. The van der Waals surface area contributed by atoms with E-state index in [1.165, 1.54) is 4.88 Å². The smallest absolute Gasteiger partial charge is 0.240 e. The maximum Gasteiger partial charge on any atom is 0.240 e. The minimum atomic E-state index is 0.401. The van der Waals surface area contributed by atoms with Gasteiger partial charge in [-0.05, 0) is 25.8 Å². The highest BCUT2D eigenvalue weighted by Crippen LogP contribution is 2.30. The summed E-state index contributed by atoms with van der Waals surface area (Å²) >= 11 is 1.65. The van der Waals surface area contributed by atoms with Crippen LogP contribution in [0.15, 0.2) is 6.07 Å². The van der Waals surface area contributed by atoms with E-state index < -0.39 is 0 Å². The monoisotopic (exact) mass is 279 g/mol. The molecule has 1 aliphatic rings. The number of fused-ring (bicyclic) bond motifs is 1. The number of aryl methyl sites for hydroxylation is 1. The van der Waals surface area contributed by atoms with Crippen molar-refractivity contribution in [2.75, 3.05) is 24.0 Å². The number of hydrogen-bond acceptors (Lipinski definition) is 7. The Balaban J connectivity index is 1.95. The van der Waals surface area contributed by atoms with E-state index in [2.05, 4.69) is 33.7 Å². The molecule has 6 nitrogen and oxygen atoms in total. The number of ether oxygens (including phenoxy) is 1. The summed E-state index contributed by atoms with van der Waals surface area (Å²) < 4.78 is 5.37. The first-order valence-corrected chi connectivity index (χ1v) is 7.17. The van der Waals surface area contributed by atoms with E-state index in [0.29, 0.717) is 12.0 Å². The number of rotatable bonds is 3. The van der Waals surface area contributed by atoms with Gasteiger partial charge in [0.25, 0.3) is 0 Å². The van der Waals surface area contributed by atoms with Gasteiger partial charge < -0.3 is 10.1 Å². The van der Waals surface area contributed by atoms with Gasteiger partial charge in [-0.3, -0.25) is 5.43 Å². The molecule has 1 fully saturated rings. The summed E-state index contributed by atoms with van der Waals surface area (Å²) in [7, 11) is 0. The third-order valence-electron chi connectivity index (χ3n) is 3.21. The molecule has 0 amide bonds. The van der Waals surface area contributed by atoms with Crippen LogP contribution in [0.4, 0.5) is 11.8 Å². The van der Waals surface area contributed by atoms with Crippen LogP contribution in [0.5, 0.6) is 0 Å². The second-order valence-electron chi connectivity index (χ2n) is 4.65. The van der Waals surface area contributed by atoms with E-state index in [1.54, 1.807) is 11.3 Å². The molecule has 4 N–H and O–H groups in total. The van der Waals surface area contributed by atoms with E-state index in [4.69, 9.17) is 10.6 Å². The summed E-state index contributed by atoms with van der Waals surface area (Å²) in [6.07, 6.45) is 2.00. The van der Waals surface area contributed by atoms with Crippen molar-refractivity contribution < 1.29 is 4.74 Å². The van der Waals surface area contributed by atoms with Gasteiger partial charge in [0, 0.05) is 24.1 Å². The predicted molar refractivity (Wildman–Crippen MR) is 77.4 cm³/mol. The molecule has 0 aromatic carbocycles. The molecule has 7 heteroatoms. The molecule has 0 radical (unpaired) electrons. The highest BCUT2D eigenvalue weighted by molar-refractivity contribution is 7.18. The van der Waals surface area contributed by atoms with Crippen LogP contribution in [0.2, 0.25) is 0 Å². The van der Waals surface area contributed by atoms with E-state index in [0.717, 1.165) is 42.1 Å². The van der Waals surface area contributed by atoms with Crippen molar-refractivity contribution in [1.82, 2.24) is 9.97 Å². The van der Waals surface area contributed by atoms with E-state index >= 15 is 0 Å². The fraction of sp³-hybridized carbons (Fsp3) is 0.500. The zero-order valence-electron chi connectivity index (χ0n) is 10.8. The lowest BCUT2D eigenvalue weighted by Crippen LogP contribution is -2.28. The van der Waals surface area contributed by atoms with Crippen molar-refractivity contribution >= 4 is 33.3 Å². The maximum atomic E-state index is 5.43. The second kappa shape index (κ2) is 5.28. The number of nitrogen functional groups attached to an aromatic ring is 1. The molecule has 2 aromatic heterocycles. The highest BCUT2D eigenvalue weighted by atomic mass is 32.1. The first kappa shape index (κ1) is 12.6. The average molecular weight is 279 g/mol. The molecular weight excluding hydrogens is 262 g/mol. The van der Waals surface area contributed by atoms with Crippen molar-refractivity contribution in [2.24, 2.45) is 5.84 Å². The van der Waals surface area contributed by atoms with Crippen molar-refractivity contribution in [3.05, 3.63) is 10.9 Å². The molecule has 19 heavy (non-hydrogen) atoms. The van der Waals surface area contributed by atoms with E-state index in [1.807, 2.05) is 0 Å². The molecule has 3 rings (SSSR count). The maximum absolute atomic E-state index is 5.43. The molecule has 0 bridgehead atoms. The van der Waals surface area contributed by atoms with Crippen LogP contribution < -0.4 is 16.6 Å². The third kappa shape index (κ3) is 2.63. The molecule has 2 aromatic rings. The molecule has 0 atom stereocenters. The lowest BCUT2D eigenvalue weighted by atomic mass is 10.1. The number of hydrogen-bond donors (Lipinski definition) is 3. The van der Waals surface area contributed by atoms with Crippen LogP contribution >= 0.6 is 11.3 Å². The van der Waals surface area contributed by atoms with Gasteiger partial charge in [-0.1, -0.05) is 0 Å². The molecule has 0 unspecified atom stereocenters. The number of hydrazine groups is 1. The first-order valence-electron chi connectivity index (χ1n) is 6.35. The summed E-state index contributed by atoms with van der Waals surface area (Å²) in [5.41, 5.74) is 2.53. The molecular formula is C12H17N5OS. The quantitative estimate of drug-likeness (QED) is 0.587. The topological polar surface area (TPSA) is 85.1 Å². The summed E-state index contributed by atoms with van der Waals surface area (Å²) in [6.45, 7) is 3.67. The number of nitrogens with two attached hydrogens (primary N) is 1. The van der Waals surface area contributed by atoms with Crippen molar-refractivity contribution in [2.45, 2.75) is 25.8 Å². The standard InChI is InChI=1S/C12H17N5OS/c1-7-6-9-10(14-8-2-4-18-5-3-8)15-12(17-13)16-11(9)19-7/h6,8H,2-5,13H2,1H3,(H2,14,15,16,17). The largest absolute Gasteiger partial charge is 0.381 e. The molecule has 1 saturated heterocycles. The Labute approximate surface area is 115 Å². The van der Waals surface area contributed by atoms with Gasteiger partial charge in [-0.15, -0.1) is 11.3 Å². The lowest BCUT2D eigenvalue weighted by molar-refractivity contribution is 0.0904. The highest BCUT2D eigenvalue weighted by Gasteiger charge is 2.17. The van der Waals surface area contributed by atoms with Crippen molar-refractivity contribution in [3.63, 3.8) is 0 Å². The van der Waals surface area contributed by atoms with Gasteiger partial charge in [-0.25, -0.2) is 10.8 Å². The van der Waals surface area contributed by atoms with Gasteiger partial charge in [-0.2, -0.15) is 4.98 Å². The molecule has 0 saturated carbocycles. The van der Waals surface area contributed by atoms with Gasteiger partial charge in [0.1, 0.15) is 10.6 Å². The van der Waals surface area contributed by atoms with E-state index in [-0.39, 0.29) is 0 Å². The number of aromatic nitrogens is 2. The SMILES string of the molecule is Cc1cc2c(NC3CCOCC3)nc(NN)nc2s1. The fourth-order valence-corrected chi connectivity index (χ4v) is 3.13. The lowest BCUT2D eigenvalue weighted by Gasteiger charge is -2.24. The molecule has 102 valence electrons. The van der Waals surface area contributed by atoms with Gasteiger partial charge in [0.2, 0.25) is 5.95 Å². The number of anilines is 2. The second-order valence-corrected chi connectivity index (χ2v) is 5.88. The van der Waals surface area contributed by atoms with Crippen LogP contribution in [0, 0.1) is 6.92 Å². The molecule has 1 aliphatic heterocycles. The van der Waals surface area contributed by atoms with Gasteiger partial charge >= 0.3 is 0 Å². The zero-order valence-corrected chi connectivity index (χ0v) is 11.6. The molecule has 0 spiro atoms. The van der Waals surface area contributed by atoms with Crippen LogP contribution in [-0.2, 0) is 4.74 Å². The average Bonchev–Trinajstić information content (AvgIpc) is 2.80. The minimum absolute atomic E-state index is 0.401. The Morgan fingerprint density at radius 3 is 2.89 bits per heavy atom. The van der Waals surface area contributed by atoms with E-state index in [9.17, 15) is 0 Å². The summed E-state index contributed by atoms with van der Waals surface area (Å²) in [4.78, 5) is 11.0. The van der Waals surface area contributed by atoms with Crippen LogP contribution in [0.3, 0.4) is 0 Å². The molecule has 3 heterocycles. The number of nitrogens with one attached hydrogen (secondary N) is 2. The Bertz CT molecular complexity index is 579. The Hall–Kier alpha value is -1.44. The first-order chi connectivity index (χ1) is 9.26. The third-order valence-corrected chi connectivity index (χ3v) is 4.15. The Morgan fingerprint density at radius 2 is 2.16 bits per heavy atom. The number of nitrogens with zero attached hydrogens (tertiary/aromatic N) is 2. The minimum Gasteiger partial charge on any atom is -0.381 e. The van der Waals surface area contributed by atoms with Crippen LogP contribution in [-0.4, -0.2) is 29.2 Å². The van der Waals surface area contributed by atoms with Crippen LogP contribution in [0.25, 0.3) is 10.2 Å². The summed E-state index contributed by atoms with van der Waals surface area (Å²) in [6, 6.07) is 2.51. The fourth-order valence-electron chi connectivity index (χ4n) is 2.25. The van der Waals surface area contributed by atoms with Crippen molar-refractivity contribution in [1.29, 1.82) is 0 Å². The van der Waals surface area contributed by atoms with Crippen molar-refractivity contribution in [3.8, 4) is 0 Å². The van der Waals surface area contributed by atoms with Gasteiger partial charge in [0.05, 0.1) is 5.39 Å². The molecule has 0 aliphatic carbocycles. The Morgan fingerprint density at radius 1 is 1.37 bits per heavy atom.